The molecule has 5 heteroatoms. The highest BCUT2D eigenvalue weighted by Crippen LogP contribution is 2.19. The number of amides is 1. The SMILES string of the molecule is CCNC(=O)c1ccc(NCC(C)OC)c(N)c1. The van der Waals surface area contributed by atoms with Crippen LogP contribution in [0, 0.1) is 0 Å². The number of rotatable bonds is 6. The van der Waals surface area contributed by atoms with Gasteiger partial charge in [-0.05, 0) is 32.0 Å². The Balaban J connectivity index is 2.70. The van der Waals surface area contributed by atoms with Crippen molar-refractivity contribution in [3.63, 3.8) is 0 Å². The van der Waals surface area contributed by atoms with Crippen molar-refractivity contribution in [2.45, 2.75) is 20.0 Å². The van der Waals surface area contributed by atoms with Crippen LogP contribution in [-0.2, 0) is 4.74 Å². The van der Waals surface area contributed by atoms with E-state index in [4.69, 9.17) is 10.5 Å². The number of methoxy groups -OCH3 is 1. The lowest BCUT2D eigenvalue weighted by Crippen LogP contribution is -2.23. The Kier molecular flexibility index (Phi) is 5.45. The zero-order chi connectivity index (χ0) is 13.5. The number of hydrogen-bond acceptors (Lipinski definition) is 4. The van der Waals surface area contributed by atoms with Gasteiger partial charge in [0.05, 0.1) is 17.5 Å². The Bertz CT molecular complexity index is 407. The van der Waals surface area contributed by atoms with Crippen molar-refractivity contribution in [3.8, 4) is 0 Å². The van der Waals surface area contributed by atoms with Crippen LogP contribution in [0.4, 0.5) is 11.4 Å². The lowest BCUT2D eigenvalue weighted by atomic mass is 10.1. The minimum Gasteiger partial charge on any atom is -0.397 e. The molecule has 18 heavy (non-hydrogen) atoms. The molecule has 0 spiro atoms. The molecule has 1 amide bonds. The second kappa shape index (κ2) is 6.86. The number of nitrogen functional groups attached to an aromatic ring is 1. The van der Waals surface area contributed by atoms with E-state index in [1.165, 1.54) is 0 Å². The molecule has 1 aromatic carbocycles. The van der Waals surface area contributed by atoms with E-state index in [1.54, 1.807) is 19.2 Å². The van der Waals surface area contributed by atoms with Crippen LogP contribution in [0.5, 0.6) is 0 Å². The smallest absolute Gasteiger partial charge is 0.251 e. The summed E-state index contributed by atoms with van der Waals surface area (Å²) in [5.41, 5.74) is 7.84. The average molecular weight is 251 g/mol. The summed E-state index contributed by atoms with van der Waals surface area (Å²) >= 11 is 0. The van der Waals surface area contributed by atoms with Crippen LogP contribution in [0.3, 0.4) is 0 Å². The van der Waals surface area contributed by atoms with Crippen molar-refractivity contribution < 1.29 is 9.53 Å². The zero-order valence-electron chi connectivity index (χ0n) is 11.1. The van der Waals surface area contributed by atoms with E-state index in [0.717, 1.165) is 5.69 Å². The predicted molar refractivity (Wildman–Crippen MR) is 73.8 cm³/mol. The molecule has 0 fully saturated rings. The van der Waals surface area contributed by atoms with Crippen molar-refractivity contribution in [2.75, 3.05) is 31.2 Å². The van der Waals surface area contributed by atoms with Gasteiger partial charge in [-0.25, -0.2) is 0 Å². The van der Waals surface area contributed by atoms with Crippen LogP contribution in [0.25, 0.3) is 0 Å². The van der Waals surface area contributed by atoms with Crippen LogP contribution in [0.15, 0.2) is 18.2 Å². The van der Waals surface area contributed by atoms with E-state index in [2.05, 4.69) is 10.6 Å². The minimum atomic E-state index is -0.110. The molecule has 0 aliphatic carbocycles. The number of carbonyl (C=O) groups excluding carboxylic acids is 1. The molecule has 0 saturated carbocycles. The van der Waals surface area contributed by atoms with Crippen LogP contribution in [-0.4, -0.2) is 32.2 Å². The molecule has 5 nitrogen and oxygen atoms in total. The van der Waals surface area contributed by atoms with E-state index < -0.39 is 0 Å². The number of carbonyl (C=O) groups is 1. The number of nitrogens with two attached hydrogens (primary N) is 1. The first-order valence-corrected chi connectivity index (χ1v) is 6.02. The first-order chi connectivity index (χ1) is 8.58. The third kappa shape index (κ3) is 3.92. The normalized spacial score (nSPS) is 11.9. The highest BCUT2D eigenvalue weighted by Gasteiger charge is 2.07. The molecule has 4 N–H and O–H groups in total. The van der Waals surface area contributed by atoms with Gasteiger partial charge in [0.1, 0.15) is 0 Å². The lowest BCUT2D eigenvalue weighted by molar-refractivity contribution is 0.0956. The van der Waals surface area contributed by atoms with Crippen molar-refractivity contribution in [2.24, 2.45) is 0 Å². The van der Waals surface area contributed by atoms with Crippen molar-refractivity contribution in [1.29, 1.82) is 0 Å². The fourth-order valence-electron chi connectivity index (χ4n) is 1.46. The quantitative estimate of drug-likeness (QED) is 0.669. The highest BCUT2D eigenvalue weighted by atomic mass is 16.5. The average Bonchev–Trinajstić information content (AvgIpc) is 2.37. The molecule has 1 unspecified atom stereocenters. The molecule has 0 aromatic heterocycles. The number of nitrogens with one attached hydrogen (secondary N) is 2. The summed E-state index contributed by atoms with van der Waals surface area (Å²) in [4.78, 5) is 11.6. The first-order valence-electron chi connectivity index (χ1n) is 6.02. The van der Waals surface area contributed by atoms with Gasteiger partial charge in [0.25, 0.3) is 5.91 Å². The molecule has 0 radical (unpaired) electrons. The van der Waals surface area contributed by atoms with E-state index in [9.17, 15) is 4.79 Å². The van der Waals surface area contributed by atoms with E-state index >= 15 is 0 Å². The Morgan fingerprint density at radius 2 is 2.22 bits per heavy atom. The van der Waals surface area contributed by atoms with Crippen LogP contribution in [0.2, 0.25) is 0 Å². The van der Waals surface area contributed by atoms with Crippen molar-refractivity contribution >= 4 is 17.3 Å². The van der Waals surface area contributed by atoms with Gasteiger partial charge in [0.15, 0.2) is 0 Å². The molecular formula is C13H21N3O2. The van der Waals surface area contributed by atoms with Gasteiger partial charge in [-0.15, -0.1) is 0 Å². The Labute approximate surface area is 108 Å². The number of anilines is 2. The third-order valence-corrected chi connectivity index (χ3v) is 2.63. The lowest BCUT2D eigenvalue weighted by Gasteiger charge is -2.14. The minimum absolute atomic E-state index is 0.104. The topological polar surface area (TPSA) is 76.4 Å². The summed E-state index contributed by atoms with van der Waals surface area (Å²) in [5.74, 6) is -0.110. The van der Waals surface area contributed by atoms with E-state index in [1.807, 2.05) is 19.9 Å². The summed E-state index contributed by atoms with van der Waals surface area (Å²) in [7, 11) is 1.66. The molecule has 1 aromatic rings. The summed E-state index contributed by atoms with van der Waals surface area (Å²) in [6.45, 7) is 5.11. The Morgan fingerprint density at radius 1 is 1.50 bits per heavy atom. The summed E-state index contributed by atoms with van der Waals surface area (Å²) in [6.07, 6.45) is 0.104. The Hall–Kier alpha value is -1.75. The standard InChI is InChI=1S/C13H21N3O2/c1-4-15-13(17)10-5-6-12(11(14)7-10)16-8-9(2)18-3/h5-7,9,16H,4,8,14H2,1-3H3,(H,15,17). The van der Waals surface area contributed by atoms with Gasteiger partial charge < -0.3 is 21.1 Å². The molecule has 1 rings (SSSR count). The van der Waals surface area contributed by atoms with Crippen molar-refractivity contribution in [1.82, 2.24) is 5.32 Å². The van der Waals surface area contributed by atoms with E-state index in [0.29, 0.717) is 24.3 Å². The molecule has 0 bridgehead atoms. The summed E-state index contributed by atoms with van der Waals surface area (Å²) < 4.78 is 5.14. The molecule has 0 aliphatic rings. The first kappa shape index (κ1) is 14.3. The van der Waals surface area contributed by atoms with Gasteiger partial charge in [-0.3, -0.25) is 4.79 Å². The molecule has 0 aliphatic heterocycles. The van der Waals surface area contributed by atoms with E-state index in [-0.39, 0.29) is 12.0 Å². The van der Waals surface area contributed by atoms with Gasteiger partial charge in [-0.1, -0.05) is 0 Å². The largest absolute Gasteiger partial charge is 0.397 e. The zero-order valence-corrected chi connectivity index (χ0v) is 11.1. The van der Waals surface area contributed by atoms with Gasteiger partial charge >= 0.3 is 0 Å². The van der Waals surface area contributed by atoms with Crippen LogP contribution >= 0.6 is 0 Å². The number of benzene rings is 1. The molecule has 0 saturated heterocycles. The maximum Gasteiger partial charge on any atom is 0.251 e. The van der Waals surface area contributed by atoms with Crippen LogP contribution < -0.4 is 16.4 Å². The monoisotopic (exact) mass is 251 g/mol. The number of hydrogen-bond donors (Lipinski definition) is 3. The number of ether oxygens (including phenoxy) is 1. The Morgan fingerprint density at radius 3 is 2.78 bits per heavy atom. The molecule has 1 atom stereocenters. The highest BCUT2D eigenvalue weighted by molar-refractivity contribution is 5.96. The summed E-state index contributed by atoms with van der Waals surface area (Å²) in [5, 5.41) is 5.91. The second-order valence-corrected chi connectivity index (χ2v) is 4.09. The van der Waals surface area contributed by atoms with Crippen molar-refractivity contribution in [3.05, 3.63) is 23.8 Å². The molecule has 100 valence electrons. The van der Waals surface area contributed by atoms with Gasteiger partial charge in [0.2, 0.25) is 0 Å². The fraction of sp³-hybridized carbons (Fsp3) is 0.462. The molecule has 0 heterocycles. The maximum atomic E-state index is 11.6. The third-order valence-electron chi connectivity index (χ3n) is 2.63. The maximum absolute atomic E-state index is 11.6. The second-order valence-electron chi connectivity index (χ2n) is 4.09. The molecular weight excluding hydrogens is 230 g/mol. The van der Waals surface area contributed by atoms with Gasteiger partial charge in [-0.2, -0.15) is 0 Å². The fourth-order valence-corrected chi connectivity index (χ4v) is 1.46. The van der Waals surface area contributed by atoms with Crippen LogP contribution in [0.1, 0.15) is 24.2 Å². The summed E-state index contributed by atoms with van der Waals surface area (Å²) in [6, 6.07) is 5.23. The van der Waals surface area contributed by atoms with Gasteiger partial charge in [0, 0.05) is 25.8 Å². The predicted octanol–water partition coefficient (Wildman–Crippen LogP) is 1.47.